The van der Waals surface area contributed by atoms with Gasteiger partial charge in [0.15, 0.2) is 5.82 Å². The van der Waals surface area contributed by atoms with Gasteiger partial charge >= 0.3 is 0 Å². The molecule has 92 valence electrons. The molecule has 16 heavy (non-hydrogen) atoms. The normalized spacial score (nSPS) is 16.2. The molecule has 4 nitrogen and oxygen atoms in total. The molecule has 1 aliphatic heterocycles. The molecule has 0 aromatic carbocycles. The molecular formula is C10H18Cl2N4. The van der Waals surface area contributed by atoms with Crippen molar-refractivity contribution in [3.05, 3.63) is 18.3 Å². The van der Waals surface area contributed by atoms with Crippen LogP contribution in [0.2, 0.25) is 0 Å². The van der Waals surface area contributed by atoms with Crippen molar-refractivity contribution < 1.29 is 0 Å². The van der Waals surface area contributed by atoms with E-state index in [9.17, 15) is 0 Å². The Morgan fingerprint density at radius 1 is 1.31 bits per heavy atom. The lowest BCUT2D eigenvalue weighted by Crippen LogP contribution is -2.36. The maximum Gasteiger partial charge on any atom is 0.151 e. The van der Waals surface area contributed by atoms with E-state index < -0.39 is 0 Å². The molecule has 0 atom stereocenters. The van der Waals surface area contributed by atoms with Crippen LogP contribution in [0.3, 0.4) is 0 Å². The van der Waals surface area contributed by atoms with E-state index in [1.807, 2.05) is 12.1 Å². The molecule has 0 unspecified atom stereocenters. The SMILES string of the molecule is Cl.Cl.NCC1CCN(c2cccnn2)CC1. The lowest BCUT2D eigenvalue weighted by Gasteiger charge is -2.31. The van der Waals surface area contributed by atoms with Gasteiger partial charge < -0.3 is 10.6 Å². The van der Waals surface area contributed by atoms with Crippen LogP contribution in [-0.4, -0.2) is 29.8 Å². The Kier molecular flexibility index (Phi) is 7.38. The monoisotopic (exact) mass is 264 g/mol. The largest absolute Gasteiger partial charge is 0.355 e. The second-order valence-corrected chi connectivity index (χ2v) is 3.75. The Bertz CT molecular complexity index is 275. The first-order valence-corrected chi connectivity index (χ1v) is 5.13. The smallest absolute Gasteiger partial charge is 0.151 e. The van der Waals surface area contributed by atoms with Crippen LogP contribution >= 0.6 is 24.8 Å². The average Bonchev–Trinajstić information content (AvgIpc) is 2.30. The van der Waals surface area contributed by atoms with Crippen LogP contribution in [0.5, 0.6) is 0 Å². The molecule has 1 fully saturated rings. The highest BCUT2D eigenvalue weighted by Gasteiger charge is 2.18. The van der Waals surface area contributed by atoms with Gasteiger partial charge in [0.05, 0.1) is 0 Å². The highest BCUT2D eigenvalue weighted by Crippen LogP contribution is 2.19. The second kappa shape index (κ2) is 7.65. The molecular weight excluding hydrogens is 247 g/mol. The molecule has 0 aliphatic carbocycles. The maximum absolute atomic E-state index is 5.64. The van der Waals surface area contributed by atoms with E-state index in [4.69, 9.17) is 5.73 Å². The van der Waals surface area contributed by atoms with Gasteiger partial charge in [-0.25, -0.2) is 0 Å². The summed E-state index contributed by atoms with van der Waals surface area (Å²) in [7, 11) is 0. The van der Waals surface area contributed by atoms with Crippen molar-refractivity contribution in [1.82, 2.24) is 10.2 Å². The fourth-order valence-corrected chi connectivity index (χ4v) is 1.86. The zero-order chi connectivity index (χ0) is 9.80. The molecule has 1 aliphatic rings. The number of aromatic nitrogens is 2. The van der Waals surface area contributed by atoms with E-state index in [0.29, 0.717) is 5.92 Å². The zero-order valence-corrected chi connectivity index (χ0v) is 10.7. The van der Waals surface area contributed by atoms with Crippen molar-refractivity contribution in [1.29, 1.82) is 0 Å². The first-order valence-electron chi connectivity index (χ1n) is 5.13. The van der Waals surface area contributed by atoms with E-state index in [2.05, 4.69) is 15.1 Å². The number of hydrogen-bond donors (Lipinski definition) is 1. The van der Waals surface area contributed by atoms with Gasteiger partial charge in [-0.3, -0.25) is 0 Å². The highest BCUT2D eigenvalue weighted by atomic mass is 35.5. The average molecular weight is 265 g/mol. The summed E-state index contributed by atoms with van der Waals surface area (Å²) in [6.07, 6.45) is 4.05. The number of piperidine rings is 1. The molecule has 1 aromatic heterocycles. The maximum atomic E-state index is 5.64. The van der Waals surface area contributed by atoms with Crippen LogP contribution in [0, 0.1) is 5.92 Å². The van der Waals surface area contributed by atoms with Crippen molar-refractivity contribution in [3.8, 4) is 0 Å². The fourth-order valence-electron chi connectivity index (χ4n) is 1.86. The van der Waals surface area contributed by atoms with Crippen molar-refractivity contribution in [2.45, 2.75) is 12.8 Å². The van der Waals surface area contributed by atoms with Crippen LogP contribution in [0.15, 0.2) is 18.3 Å². The minimum atomic E-state index is 0. The summed E-state index contributed by atoms with van der Waals surface area (Å²) in [6, 6.07) is 3.94. The summed E-state index contributed by atoms with van der Waals surface area (Å²) in [6.45, 7) is 2.93. The van der Waals surface area contributed by atoms with Crippen molar-refractivity contribution >= 4 is 30.6 Å². The third-order valence-corrected chi connectivity index (χ3v) is 2.83. The van der Waals surface area contributed by atoms with Crippen LogP contribution in [0.1, 0.15) is 12.8 Å². The molecule has 2 N–H and O–H groups in total. The number of nitrogens with two attached hydrogens (primary N) is 1. The zero-order valence-electron chi connectivity index (χ0n) is 9.08. The van der Waals surface area contributed by atoms with Crippen LogP contribution < -0.4 is 10.6 Å². The molecule has 6 heteroatoms. The summed E-state index contributed by atoms with van der Waals surface area (Å²) in [5.41, 5.74) is 5.64. The molecule has 0 amide bonds. The van der Waals surface area contributed by atoms with Gasteiger partial charge in [0.2, 0.25) is 0 Å². The molecule has 0 bridgehead atoms. The highest BCUT2D eigenvalue weighted by molar-refractivity contribution is 5.85. The van der Waals surface area contributed by atoms with Gasteiger partial charge in [0.25, 0.3) is 0 Å². The van der Waals surface area contributed by atoms with Gasteiger partial charge in [0, 0.05) is 19.3 Å². The number of rotatable bonds is 2. The minimum Gasteiger partial charge on any atom is -0.355 e. The van der Waals surface area contributed by atoms with E-state index >= 15 is 0 Å². The van der Waals surface area contributed by atoms with Crippen molar-refractivity contribution in [2.24, 2.45) is 11.7 Å². The Morgan fingerprint density at radius 2 is 2.00 bits per heavy atom. The summed E-state index contributed by atoms with van der Waals surface area (Å²) in [5.74, 6) is 1.69. The molecule has 0 saturated carbocycles. The van der Waals surface area contributed by atoms with Gasteiger partial charge in [-0.15, -0.1) is 29.9 Å². The quantitative estimate of drug-likeness (QED) is 0.880. The first kappa shape index (κ1) is 15.4. The minimum absolute atomic E-state index is 0. The molecule has 0 radical (unpaired) electrons. The predicted molar refractivity (Wildman–Crippen MR) is 70.5 cm³/mol. The van der Waals surface area contributed by atoms with Gasteiger partial charge in [-0.1, -0.05) is 0 Å². The number of anilines is 1. The molecule has 2 heterocycles. The summed E-state index contributed by atoms with van der Waals surface area (Å²) < 4.78 is 0. The third kappa shape index (κ3) is 3.77. The number of nitrogens with zero attached hydrogens (tertiary/aromatic N) is 3. The van der Waals surface area contributed by atoms with Crippen LogP contribution in [0.25, 0.3) is 0 Å². The van der Waals surface area contributed by atoms with E-state index in [-0.39, 0.29) is 24.8 Å². The summed E-state index contributed by atoms with van der Waals surface area (Å²) in [5, 5.41) is 7.98. The van der Waals surface area contributed by atoms with E-state index in [0.717, 1.165) is 25.5 Å². The number of halogens is 2. The van der Waals surface area contributed by atoms with Gasteiger partial charge in [-0.2, -0.15) is 5.10 Å². The molecule has 1 saturated heterocycles. The third-order valence-electron chi connectivity index (χ3n) is 2.83. The van der Waals surface area contributed by atoms with Crippen molar-refractivity contribution in [3.63, 3.8) is 0 Å². The Morgan fingerprint density at radius 3 is 2.50 bits per heavy atom. The standard InChI is InChI=1S/C10H16N4.2ClH/c11-8-9-3-6-14(7-4-9)10-2-1-5-12-13-10;;/h1-2,5,9H,3-4,6-8,11H2;2*1H. The van der Waals surface area contributed by atoms with Crippen molar-refractivity contribution in [2.75, 3.05) is 24.5 Å². The summed E-state index contributed by atoms with van der Waals surface area (Å²) >= 11 is 0. The molecule has 0 spiro atoms. The van der Waals surface area contributed by atoms with Crippen LogP contribution in [0.4, 0.5) is 5.82 Å². The fraction of sp³-hybridized carbons (Fsp3) is 0.600. The lowest BCUT2D eigenvalue weighted by molar-refractivity contribution is 0.412. The Labute approximate surface area is 108 Å². The lowest BCUT2D eigenvalue weighted by atomic mass is 9.97. The first-order chi connectivity index (χ1) is 6.90. The Hall–Kier alpha value is -0.580. The van der Waals surface area contributed by atoms with Gasteiger partial charge in [0.1, 0.15) is 0 Å². The topological polar surface area (TPSA) is 55.0 Å². The predicted octanol–water partition coefficient (Wildman–Crippen LogP) is 1.50. The Balaban J connectivity index is 0.00000112. The second-order valence-electron chi connectivity index (χ2n) is 3.75. The molecule has 1 aromatic rings. The van der Waals surface area contributed by atoms with Crippen LogP contribution in [-0.2, 0) is 0 Å². The van der Waals surface area contributed by atoms with E-state index in [1.165, 1.54) is 12.8 Å². The van der Waals surface area contributed by atoms with Gasteiger partial charge in [-0.05, 0) is 37.4 Å². The summed E-state index contributed by atoms with van der Waals surface area (Å²) in [4.78, 5) is 2.28. The van der Waals surface area contributed by atoms with E-state index in [1.54, 1.807) is 6.20 Å². The number of hydrogen-bond acceptors (Lipinski definition) is 4. The molecule has 2 rings (SSSR count).